The molecule has 0 spiro atoms. The summed E-state index contributed by atoms with van der Waals surface area (Å²) < 4.78 is 35.7. The van der Waals surface area contributed by atoms with Crippen molar-refractivity contribution in [3.05, 3.63) is 82.9 Å². The quantitative estimate of drug-likeness (QED) is 0.117. The first kappa shape index (κ1) is 44.1. The van der Waals surface area contributed by atoms with Gasteiger partial charge in [0, 0.05) is 32.1 Å². The lowest BCUT2D eigenvalue weighted by atomic mass is 9.44. The van der Waals surface area contributed by atoms with E-state index in [2.05, 4.69) is 5.32 Å². The van der Waals surface area contributed by atoms with Gasteiger partial charge in [0.25, 0.3) is 5.91 Å². The van der Waals surface area contributed by atoms with Crippen LogP contribution in [0.15, 0.2) is 71.8 Å². The topological polar surface area (TPSA) is 234 Å². The van der Waals surface area contributed by atoms with Crippen LogP contribution in [-0.4, -0.2) is 117 Å². The number of amides is 1. The first-order valence-corrected chi connectivity index (χ1v) is 20.4. The Labute approximate surface area is 352 Å². The maximum atomic E-state index is 15.5. The van der Waals surface area contributed by atoms with Crippen molar-refractivity contribution < 1.29 is 72.5 Å². The van der Waals surface area contributed by atoms with E-state index >= 15 is 4.79 Å². The Morgan fingerprint density at radius 2 is 1.51 bits per heavy atom. The summed E-state index contributed by atoms with van der Waals surface area (Å²) >= 11 is 0. The zero-order valence-electron chi connectivity index (χ0n) is 35.3. The van der Waals surface area contributed by atoms with Crippen LogP contribution in [0, 0.1) is 16.7 Å². The fourth-order valence-corrected chi connectivity index (χ4v) is 10.2. The Kier molecular flexibility index (Phi) is 11.1. The molecule has 328 valence electrons. The number of hydrogen-bond acceptors (Lipinski definition) is 15. The van der Waals surface area contributed by atoms with Gasteiger partial charge < -0.3 is 49.1 Å². The van der Waals surface area contributed by atoms with Crippen LogP contribution in [0.1, 0.15) is 90.2 Å². The Morgan fingerprint density at radius 3 is 2.05 bits per heavy atom. The maximum absolute atomic E-state index is 15.5. The summed E-state index contributed by atoms with van der Waals surface area (Å²) in [6, 6.07) is 14.7. The molecule has 2 bridgehead atoms. The lowest BCUT2D eigenvalue weighted by molar-refractivity contribution is -0.346. The summed E-state index contributed by atoms with van der Waals surface area (Å²) in [5, 5.41) is 40.2. The third kappa shape index (κ3) is 6.96. The van der Waals surface area contributed by atoms with Gasteiger partial charge in [-0.15, -0.1) is 0 Å². The van der Waals surface area contributed by atoms with Gasteiger partial charge in [0.05, 0.1) is 41.8 Å². The second kappa shape index (κ2) is 15.4. The number of ketones is 1. The molecule has 1 amide bonds. The van der Waals surface area contributed by atoms with Crippen LogP contribution >= 0.6 is 0 Å². The highest BCUT2D eigenvalue weighted by Gasteiger charge is 2.78. The molecule has 13 atom stereocenters. The molecule has 2 aromatic rings. The minimum atomic E-state index is -2.39. The first-order chi connectivity index (χ1) is 28.5. The molecule has 2 aromatic carbocycles. The Balaban J connectivity index is 1.39. The molecule has 3 aliphatic carbocycles. The molecule has 7 rings (SSSR count). The first-order valence-electron chi connectivity index (χ1n) is 20.4. The van der Waals surface area contributed by atoms with Gasteiger partial charge in [-0.1, -0.05) is 62.4 Å². The van der Waals surface area contributed by atoms with E-state index in [1.807, 2.05) is 0 Å². The Morgan fingerprint density at radius 1 is 0.902 bits per heavy atom. The van der Waals surface area contributed by atoms with Crippen molar-refractivity contribution in [3.63, 3.8) is 0 Å². The van der Waals surface area contributed by atoms with Gasteiger partial charge in [0.2, 0.25) is 0 Å². The number of aliphatic hydroxyl groups excluding tert-OH is 2. The largest absolute Gasteiger partial charge is 0.456 e. The molecule has 61 heavy (non-hydrogen) atoms. The predicted octanol–water partition coefficient (Wildman–Crippen LogP) is 2.60. The number of carbonyl (C=O) groups excluding carboxylic acids is 6. The van der Waals surface area contributed by atoms with Crippen molar-refractivity contribution in [1.82, 2.24) is 5.32 Å². The molecule has 2 saturated carbocycles. The summed E-state index contributed by atoms with van der Waals surface area (Å²) in [5.74, 6) is -6.84. The van der Waals surface area contributed by atoms with Crippen LogP contribution in [-0.2, 0) is 52.4 Å². The lowest BCUT2D eigenvalue weighted by Gasteiger charge is -2.67. The summed E-state index contributed by atoms with van der Waals surface area (Å²) in [6.45, 7) is 11.2. The molecule has 0 aromatic heterocycles. The summed E-state index contributed by atoms with van der Waals surface area (Å²) in [4.78, 5) is 83.3. The number of fused-ring (bicyclic) bond motifs is 5. The van der Waals surface area contributed by atoms with E-state index in [1.165, 1.54) is 26.0 Å². The number of rotatable bonds is 10. The molecule has 16 heteroatoms. The minimum Gasteiger partial charge on any atom is -0.456 e. The van der Waals surface area contributed by atoms with Gasteiger partial charge in [0.1, 0.15) is 23.9 Å². The van der Waals surface area contributed by atoms with Crippen LogP contribution in [0.25, 0.3) is 0 Å². The third-order valence-corrected chi connectivity index (χ3v) is 14.0. The van der Waals surface area contributed by atoms with Gasteiger partial charge >= 0.3 is 23.9 Å². The van der Waals surface area contributed by atoms with E-state index in [0.717, 1.165) is 13.8 Å². The van der Waals surface area contributed by atoms with Crippen molar-refractivity contribution >= 4 is 35.6 Å². The molecule has 4 fully saturated rings. The lowest BCUT2D eigenvalue weighted by Crippen LogP contribution is -2.82. The Bertz CT molecular complexity index is 2160. The zero-order chi connectivity index (χ0) is 44.6. The van der Waals surface area contributed by atoms with E-state index in [0.29, 0.717) is 5.56 Å². The fourth-order valence-electron chi connectivity index (χ4n) is 10.2. The summed E-state index contributed by atoms with van der Waals surface area (Å²) in [5.41, 5.74) is -8.49. The molecule has 4 unspecified atom stereocenters. The van der Waals surface area contributed by atoms with Crippen molar-refractivity contribution in [3.8, 4) is 0 Å². The summed E-state index contributed by atoms with van der Waals surface area (Å²) in [6.07, 6.45) is -10.9. The smallest absolute Gasteiger partial charge is 0.338 e. The molecule has 2 aliphatic heterocycles. The molecule has 5 aliphatic rings. The monoisotopic (exact) mass is 847 g/mol. The number of benzene rings is 2. The summed E-state index contributed by atoms with van der Waals surface area (Å²) in [7, 11) is 0. The number of carbonyl (C=O) groups is 6. The molecule has 2 saturated heterocycles. The Hall–Kier alpha value is -5.00. The predicted molar refractivity (Wildman–Crippen MR) is 211 cm³/mol. The third-order valence-electron chi connectivity index (χ3n) is 14.0. The average molecular weight is 848 g/mol. The molecular weight excluding hydrogens is 794 g/mol. The number of nitrogens with one attached hydrogen (secondary N) is 1. The fraction of sp³-hybridized carbons (Fsp3) is 0.556. The van der Waals surface area contributed by atoms with Crippen molar-refractivity contribution in [2.24, 2.45) is 16.7 Å². The normalized spacial score (nSPS) is 36.8. The number of epoxide rings is 1. The molecule has 2 heterocycles. The number of ether oxygens (including phenoxy) is 6. The van der Waals surface area contributed by atoms with Crippen molar-refractivity contribution in [1.29, 1.82) is 0 Å². The number of Topliss-reactive ketones (excluding diaryl/α,β-unsaturated/α-hetero) is 1. The SMILES string of the molecule is CC(=O)O[C@H]1C(=O)[C@@]2(C)C(C(OC(=O)c3ccccc3)[C@]3(O)C[C@H](OC(=O)[C@H](O)[C@@H](NC(=O)C4(C)OC4C)c4ccccc4)C(C)=C1C3(C)C)[C@]1(OC(C)=O)CO[C@@H]1C[C@@H]2O. The van der Waals surface area contributed by atoms with Gasteiger partial charge in [-0.25, -0.2) is 9.59 Å². The zero-order valence-corrected chi connectivity index (χ0v) is 35.3. The van der Waals surface area contributed by atoms with E-state index in [-0.39, 0.29) is 29.7 Å². The van der Waals surface area contributed by atoms with Crippen LogP contribution in [0.4, 0.5) is 0 Å². The number of aliphatic hydroxyl groups is 3. The second-order valence-electron chi connectivity index (χ2n) is 17.9. The van der Waals surface area contributed by atoms with Crippen LogP contribution in [0.3, 0.4) is 0 Å². The van der Waals surface area contributed by atoms with Gasteiger partial charge in [-0.2, -0.15) is 0 Å². The van der Waals surface area contributed by atoms with Gasteiger partial charge in [0.15, 0.2) is 29.2 Å². The van der Waals surface area contributed by atoms with Crippen molar-refractivity contribution in [2.75, 3.05) is 6.61 Å². The highest BCUT2D eigenvalue weighted by Crippen LogP contribution is 2.64. The van der Waals surface area contributed by atoms with Crippen LogP contribution in [0.2, 0.25) is 0 Å². The van der Waals surface area contributed by atoms with E-state index in [1.54, 1.807) is 76.2 Å². The van der Waals surface area contributed by atoms with E-state index in [9.17, 15) is 39.3 Å². The second-order valence-corrected chi connectivity index (χ2v) is 17.9. The van der Waals surface area contributed by atoms with Gasteiger partial charge in [-0.05, 0) is 56.5 Å². The highest BCUT2D eigenvalue weighted by atomic mass is 16.6. The van der Waals surface area contributed by atoms with E-state index < -0.39 is 124 Å². The average Bonchev–Trinajstić information content (AvgIpc) is 3.84. The maximum Gasteiger partial charge on any atom is 0.338 e. The number of hydrogen-bond donors (Lipinski definition) is 4. The molecular formula is C45H53NO15. The van der Waals surface area contributed by atoms with Gasteiger partial charge in [-0.3, -0.25) is 19.2 Å². The number of esters is 4. The van der Waals surface area contributed by atoms with Crippen molar-refractivity contribution in [2.45, 2.75) is 134 Å². The molecule has 4 N–H and O–H groups in total. The highest BCUT2D eigenvalue weighted by molar-refractivity contribution is 5.96. The minimum absolute atomic E-state index is 0.00407. The van der Waals surface area contributed by atoms with Crippen LogP contribution in [0.5, 0.6) is 0 Å². The molecule has 0 radical (unpaired) electrons. The molecule has 16 nitrogen and oxygen atoms in total. The standard InChI is InChI=1S/C45H53NO15/c1-22-28(58-39(53)33(50)32(26-15-11-9-12-16-26)46-40(54)43(8)23(2)60-43)20-45(55)37(59-38(52)27-17-13-10-14-18-27)35-42(7,29(49)19-30-44(35,21-56-30)61-25(4)48)36(51)34(57-24(3)47)31(22)41(45,5)6/h9-18,23,28-30,32-35,37,49-50,55H,19-21H2,1-8H3,(H,46,54)/t23?,28-,29-,30+,32-,33+,34+,35?,37?,42+,43?,44-,45+/m0/s1. The van der Waals surface area contributed by atoms with Crippen LogP contribution < -0.4 is 5.32 Å². The van der Waals surface area contributed by atoms with E-state index in [4.69, 9.17) is 28.4 Å².